The molecular formula is C20H17N5O3. The lowest BCUT2D eigenvalue weighted by atomic mass is 10.1. The number of hydrogen-bond acceptors (Lipinski definition) is 5. The van der Waals surface area contributed by atoms with Gasteiger partial charge in [0.1, 0.15) is 6.54 Å². The average Bonchev–Trinajstić information content (AvgIpc) is 2.72. The average molecular weight is 375 g/mol. The van der Waals surface area contributed by atoms with Crippen LogP contribution in [0, 0.1) is 0 Å². The van der Waals surface area contributed by atoms with Crippen molar-refractivity contribution in [2.75, 3.05) is 0 Å². The zero-order chi connectivity index (χ0) is 19.7. The van der Waals surface area contributed by atoms with Gasteiger partial charge in [0.15, 0.2) is 0 Å². The van der Waals surface area contributed by atoms with E-state index in [1.807, 2.05) is 6.07 Å². The highest BCUT2D eigenvalue weighted by molar-refractivity contribution is 5.84. The minimum Gasteiger partial charge on any atom is -0.349 e. The van der Waals surface area contributed by atoms with E-state index in [1.165, 1.54) is 15.6 Å². The Morgan fingerprint density at radius 1 is 0.964 bits per heavy atom. The first-order chi connectivity index (χ1) is 13.5. The quantitative estimate of drug-likeness (QED) is 0.573. The Labute approximate surface area is 159 Å². The van der Waals surface area contributed by atoms with Gasteiger partial charge in [-0.05, 0) is 18.2 Å². The highest BCUT2D eigenvalue weighted by Gasteiger charge is 2.11. The van der Waals surface area contributed by atoms with Gasteiger partial charge >= 0.3 is 0 Å². The van der Waals surface area contributed by atoms with E-state index >= 15 is 0 Å². The number of benzene rings is 2. The van der Waals surface area contributed by atoms with Crippen LogP contribution >= 0.6 is 0 Å². The third-order valence-corrected chi connectivity index (χ3v) is 4.53. The van der Waals surface area contributed by atoms with Gasteiger partial charge in [0.25, 0.3) is 11.1 Å². The number of nitrogens with zero attached hydrogens (tertiary/aromatic N) is 4. The molecule has 1 amide bonds. The lowest BCUT2D eigenvalue weighted by Crippen LogP contribution is -2.33. The number of rotatable bonds is 4. The predicted octanol–water partition coefficient (Wildman–Crippen LogP) is 0.960. The van der Waals surface area contributed by atoms with E-state index in [0.29, 0.717) is 27.4 Å². The van der Waals surface area contributed by atoms with Gasteiger partial charge in [0.05, 0.1) is 34.9 Å². The van der Waals surface area contributed by atoms with Gasteiger partial charge in [0, 0.05) is 12.4 Å². The van der Waals surface area contributed by atoms with Crippen molar-refractivity contribution in [2.24, 2.45) is 7.05 Å². The standard InChI is InChI=1S/C20H17N5O3/c1-24-19(27)14-7-3-2-6-13(14)17(23-24)10-21-18(26)11-25-12-22-16-9-5-4-8-15(16)20(25)28/h2-9,12H,10-11H2,1H3,(H,21,26). The topological polar surface area (TPSA) is 98.9 Å². The largest absolute Gasteiger partial charge is 0.349 e. The van der Waals surface area contributed by atoms with E-state index in [1.54, 1.807) is 49.5 Å². The van der Waals surface area contributed by atoms with Crippen LogP contribution in [0.1, 0.15) is 5.69 Å². The van der Waals surface area contributed by atoms with Gasteiger partial charge in [-0.1, -0.05) is 30.3 Å². The van der Waals surface area contributed by atoms with Gasteiger partial charge in [0.2, 0.25) is 5.91 Å². The molecule has 0 spiro atoms. The van der Waals surface area contributed by atoms with E-state index in [0.717, 1.165) is 0 Å². The molecule has 0 saturated carbocycles. The molecule has 0 fully saturated rings. The number of hydrogen-bond donors (Lipinski definition) is 1. The predicted molar refractivity (Wildman–Crippen MR) is 105 cm³/mol. The molecule has 1 N–H and O–H groups in total. The number of carbonyl (C=O) groups excluding carboxylic acids is 1. The van der Waals surface area contributed by atoms with Crippen molar-refractivity contribution in [1.82, 2.24) is 24.6 Å². The van der Waals surface area contributed by atoms with Crippen LogP contribution in [0.2, 0.25) is 0 Å². The summed E-state index contributed by atoms with van der Waals surface area (Å²) in [7, 11) is 1.57. The fourth-order valence-corrected chi connectivity index (χ4v) is 3.12. The highest BCUT2D eigenvalue weighted by atomic mass is 16.2. The summed E-state index contributed by atoms with van der Waals surface area (Å²) in [4.78, 5) is 41.2. The zero-order valence-electron chi connectivity index (χ0n) is 15.1. The summed E-state index contributed by atoms with van der Waals surface area (Å²) in [6.07, 6.45) is 1.37. The van der Waals surface area contributed by atoms with Crippen LogP contribution in [0.4, 0.5) is 0 Å². The molecular weight excluding hydrogens is 358 g/mol. The first-order valence-corrected chi connectivity index (χ1v) is 8.70. The van der Waals surface area contributed by atoms with Crippen LogP contribution < -0.4 is 16.4 Å². The highest BCUT2D eigenvalue weighted by Crippen LogP contribution is 2.12. The van der Waals surface area contributed by atoms with Gasteiger partial charge in [-0.25, -0.2) is 9.67 Å². The van der Waals surface area contributed by atoms with E-state index in [2.05, 4.69) is 15.4 Å². The van der Waals surface area contributed by atoms with Crippen LogP contribution in [0.15, 0.2) is 64.4 Å². The molecule has 4 aromatic rings. The van der Waals surface area contributed by atoms with Crippen LogP contribution in [0.5, 0.6) is 0 Å². The van der Waals surface area contributed by atoms with Crippen LogP contribution in [0.25, 0.3) is 21.7 Å². The summed E-state index contributed by atoms with van der Waals surface area (Å²) in [6, 6.07) is 14.1. The van der Waals surface area contributed by atoms with Gasteiger partial charge in [-0.15, -0.1) is 0 Å². The number of carbonyl (C=O) groups is 1. The SMILES string of the molecule is Cn1nc(CNC(=O)Cn2cnc3ccccc3c2=O)c2ccccc2c1=O. The summed E-state index contributed by atoms with van der Waals surface area (Å²) < 4.78 is 2.52. The van der Waals surface area contributed by atoms with Crippen molar-refractivity contribution >= 4 is 27.6 Å². The van der Waals surface area contributed by atoms with Gasteiger partial charge < -0.3 is 5.32 Å². The lowest BCUT2D eigenvalue weighted by molar-refractivity contribution is -0.121. The molecule has 0 aliphatic heterocycles. The third kappa shape index (κ3) is 3.16. The fourth-order valence-electron chi connectivity index (χ4n) is 3.12. The molecule has 2 aromatic heterocycles. The number of fused-ring (bicyclic) bond motifs is 2. The molecule has 4 rings (SSSR count). The molecule has 0 atom stereocenters. The molecule has 0 unspecified atom stereocenters. The Hall–Kier alpha value is -3.81. The number of aryl methyl sites for hydroxylation is 1. The van der Waals surface area contributed by atoms with Gasteiger partial charge in [-0.3, -0.25) is 19.0 Å². The molecule has 2 heterocycles. The van der Waals surface area contributed by atoms with Gasteiger partial charge in [-0.2, -0.15) is 5.10 Å². The monoisotopic (exact) mass is 375 g/mol. The Morgan fingerprint density at radius 2 is 1.64 bits per heavy atom. The maximum Gasteiger partial charge on any atom is 0.274 e. The molecule has 8 nitrogen and oxygen atoms in total. The minimum absolute atomic E-state index is 0.142. The van der Waals surface area contributed by atoms with Crippen molar-refractivity contribution < 1.29 is 4.79 Å². The number of para-hydroxylation sites is 1. The van der Waals surface area contributed by atoms with Crippen molar-refractivity contribution in [1.29, 1.82) is 0 Å². The Bertz CT molecular complexity index is 1320. The van der Waals surface area contributed by atoms with E-state index in [-0.39, 0.29) is 30.1 Å². The summed E-state index contributed by atoms with van der Waals surface area (Å²) in [5.41, 5.74) is 0.700. The lowest BCUT2D eigenvalue weighted by Gasteiger charge is -2.10. The molecule has 28 heavy (non-hydrogen) atoms. The number of nitrogens with one attached hydrogen (secondary N) is 1. The molecule has 140 valence electrons. The molecule has 0 aliphatic rings. The molecule has 0 aliphatic carbocycles. The van der Waals surface area contributed by atoms with E-state index in [9.17, 15) is 14.4 Å². The summed E-state index contributed by atoms with van der Waals surface area (Å²) in [6.45, 7) is -0.0103. The minimum atomic E-state index is -0.348. The number of aromatic nitrogens is 4. The summed E-state index contributed by atoms with van der Waals surface area (Å²) >= 11 is 0. The smallest absolute Gasteiger partial charge is 0.274 e. The third-order valence-electron chi connectivity index (χ3n) is 4.53. The Balaban J connectivity index is 1.55. The van der Waals surface area contributed by atoms with Crippen molar-refractivity contribution in [3.63, 3.8) is 0 Å². The van der Waals surface area contributed by atoms with Crippen molar-refractivity contribution in [3.05, 3.63) is 81.3 Å². The van der Waals surface area contributed by atoms with Crippen LogP contribution in [0.3, 0.4) is 0 Å². The molecule has 2 aromatic carbocycles. The molecule has 8 heteroatoms. The van der Waals surface area contributed by atoms with Crippen LogP contribution in [-0.4, -0.2) is 25.2 Å². The maximum absolute atomic E-state index is 12.5. The summed E-state index contributed by atoms with van der Waals surface area (Å²) in [5, 5.41) is 8.70. The normalized spacial score (nSPS) is 11.0. The second-order valence-corrected chi connectivity index (χ2v) is 6.39. The maximum atomic E-state index is 12.5. The Morgan fingerprint density at radius 3 is 2.43 bits per heavy atom. The first kappa shape index (κ1) is 17.6. The van der Waals surface area contributed by atoms with Crippen molar-refractivity contribution in [2.45, 2.75) is 13.1 Å². The molecule has 0 bridgehead atoms. The number of amides is 1. The first-order valence-electron chi connectivity index (χ1n) is 8.70. The second kappa shape index (κ2) is 7.07. The molecule has 0 saturated heterocycles. The van der Waals surface area contributed by atoms with Crippen molar-refractivity contribution in [3.8, 4) is 0 Å². The second-order valence-electron chi connectivity index (χ2n) is 6.39. The van der Waals surface area contributed by atoms with E-state index in [4.69, 9.17) is 0 Å². The van der Waals surface area contributed by atoms with Crippen LogP contribution in [-0.2, 0) is 24.9 Å². The fraction of sp³-hybridized carbons (Fsp3) is 0.150. The zero-order valence-corrected chi connectivity index (χ0v) is 15.1. The Kier molecular flexibility index (Phi) is 4.44. The van der Waals surface area contributed by atoms with E-state index < -0.39 is 0 Å². The molecule has 0 radical (unpaired) electrons. The summed E-state index contributed by atoms with van der Waals surface area (Å²) in [5.74, 6) is -0.348.